The van der Waals surface area contributed by atoms with Crippen molar-refractivity contribution < 1.29 is 21.6 Å². The second-order valence-electron chi connectivity index (χ2n) is 6.63. The molecule has 2 saturated heterocycles. The number of hydrogen-bond acceptors (Lipinski definition) is 6. The molecule has 140 valence electrons. The van der Waals surface area contributed by atoms with Gasteiger partial charge in [0.2, 0.25) is 10.0 Å². The number of methoxy groups -OCH3 is 1. The van der Waals surface area contributed by atoms with Gasteiger partial charge in [-0.3, -0.25) is 4.90 Å². The van der Waals surface area contributed by atoms with Gasteiger partial charge in [-0.05, 0) is 37.1 Å². The Hall–Kier alpha value is -1.16. The van der Waals surface area contributed by atoms with Gasteiger partial charge in [-0.25, -0.2) is 16.8 Å². The lowest BCUT2D eigenvalue weighted by molar-refractivity contribution is 0.148. The molecule has 25 heavy (non-hydrogen) atoms. The van der Waals surface area contributed by atoms with Gasteiger partial charge in [-0.15, -0.1) is 0 Å². The highest BCUT2D eigenvalue weighted by molar-refractivity contribution is 7.91. The van der Waals surface area contributed by atoms with Crippen LogP contribution in [0, 0.1) is 6.92 Å². The van der Waals surface area contributed by atoms with Gasteiger partial charge in [0, 0.05) is 32.2 Å². The van der Waals surface area contributed by atoms with E-state index in [1.807, 2.05) is 0 Å². The van der Waals surface area contributed by atoms with Crippen molar-refractivity contribution in [3.63, 3.8) is 0 Å². The molecule has 2 fully saturated rings. The van der Waals surface area contributed by atoms with Crippen molar-refractivity contribution >= 4 is 19.9 Å². The van der Waals surface area contributed by atoms with Gasteiger partial charge in [0.05, 0.1) is 23.5 Å². The van der Waals surface area contributed by atoms with Crippen molar-refractivity contribution in [2.45, 2.75) is 24.3 Å². The first-order valence-electron chi connectivity index (χ1n) is 8.32. The fourth-order valence-corrected chi connectivity index (χ4v) is 6.94. The standard InChI is InChI=1S/C16H24N2O5S2/c1-13-11-15(23-2)3-4-16(13)25(21,22)18-8-6-17(7-9-18)14-5-10-24(19,20)12-14/h3-4,11,14H,5-10,12H2,1-2H3. The topological polar surface area (TPSA) is 84.0 Å². The lowest BCUT2D eigenvalue weighted by Gasteiger charge is -2.37. The van der Waals surface area contributed by atoms with Crippen LogP contribution in [0.1, 0.15) is 12.0 Å². The maximum absolute atomic E-state index is 12.9. The summed E-state index contributed by atoms with van der Waals surface area (Å²) in [5.41, 5.74) is 0.656. The van der Waals surface area contributed by atoms with Crippen molar-refractivity contribution in [1.82, 2.24) is 9.21 Å². The van der Waals surface area contributed by atoms with E-state index in [-0.39, 0.29) is 17.5 Å². The van der Waals surface area contributed by atoms with Crippen molar-refractivity contribution in [2.75, 3.05) is 44.8 Å². The maximum Gasteiger partial charge on any atom is 0.243 e. The fourth-order valence-electron chi connectivity index (χ4n) is 3.55. The molecule has 0 radical (unpaired) electrons. The molecule has 2 aliphatic heterocycles. The second-order valence-corrected chi connectivity index (χ2v) is 10.8. The van der Waals surface area contributed by atoms with Crippen LogP contribution >= 0.6 is 0 Å². The first-order valence-corrected chi connectivity index (χ1v) is 11.6. The molecule has 0 aromatic heterocycles. The lowest BCUT2D eigenvalue weighted by atomic mass is 10.2. The normalized spacial score (nSPS) is 25.1. The predicted molar refractivity (Wildman–Crippen MR) is 95.1 cm³/mol. The van der Waals surface area contributed by atoms with Gasteiger partial charge in [0.15, 0.2) is 9.84 Å². The molecule has 0 amide bonds. The summed E-state index contributed by atoms with van der Waals surface area (Å²) in [4.78, 5) is 2.41. The van der Waals surface area contributed by atoms with Crippen molar-refractivity contribution in [1.29, 1.82) is 0 Å². The van der Waals surface area contributed by atoms with Crippen LogP contribution in [0.2, 0.25) is 0 Å². The van der Waals surface area contributed by atoms with Crippen LogP contribution in [0.25, 0.3) is 0 Å². The van der Waals surface area contributed by atoms with E-state index in [9.17, 15) is 16.8 Å². The number of hydrogen-bond donors (Lipinski definition) is 0. The summed E-state index contributed by atoms with van der Waals surface area (Å²) in [5, 5.41) is 0. The van der Waals surface area contributed by atoms with Crippen LogP contribution in [-0.4, -0.2) is 76.9 Å². The van der Waals surface area contributed by atoms with Crippen LogP contribution in [-0.2, 0) is 19.9 Å². The number of sulfone groups is 1. The Balaban J connectivity index is 1.70. The summed E-state index contributed by atoms with van der Waals surface area (Å²) >= 11 is 0. The third-order valence-corrected chi connectivity index (χ3v) is 8.81. The smallest absolute Gasteiger partial charge is 0.243 e. The minimum absolute atomic E-state index is 0.0255. The first-order chi connectivity index (χ1) is 11.7. The molecule has 1 aromatic rings. The zero-order valence-corrected chi connectivity index (χ0v) is 16.1. The van der Waals surface area contributed by atoms with Crippen LogP contribution in [0.3, 0.4) is 0 Å². The Bertz CT molecular complexity index is 843. The summed E-state index contributed by atoms with van der Waals surface area (Å²) in [6, 6.07) is 4.98. The molecule has 3 rings (SSSR count). The highest BCUT2D eigenvalue weighted by Gasteiger charge is 2.36. The van der Waals surface area contributed by atoms with Gasteiger partial charge in [-0.2, -0.15) is 4.31 Å². The lowest BCUT2D eigenvalue weighted by Crippen LogP contribution is -2.52. The molecule has 0 N–H and O–H groups in total. The van der Waals surface area contributed by atoms with Gasteiger partial charge < -0.3 is 4.74 Å². The Morgan fingerprint density at radius 3 is 2.36 bits per heavy atom. The molecule has 1 unspecified atom stereocenters. The molecule has 9 heteroatoms. The van der Waals surface area contributed by atoms with E-state index in [1.54, 1.807) is 32.2 Å². The summed E-state index contributed by atoms with van der Waals surface area (Å²) < 4.78 is 55.7. The van der Waals surface area contributed by atoms with Gasteiger partial charge >= 0.3 is 0 Å². The number of piperazine rings is 1. The van der Waals surface area contributed by atoms with E-state index >= 15 is 0 Å². The zero-order chi connectivity index (χ0) is 18.2. The maximum atomic E-state index is 12.9. The molecule has 2 heterocycles. The highest BCUT2D eigenvalue weighted by Crippen LogP contribution is 2.26. The van der Waals surface area contributed by atoms with Crippen molar-refractivity contribution in [3.05, 3.63) is 23.8 Å². The van der Waals surface area contributed by atoms with Gasteiger partial charge in [-0.1, -0.05) is 0 Å². The summed E-state index contributed by atoms with van der Waals surface area (Å²) in [6.45, 7) is 3.65. The molecule has 7 nitrogen and oxygen atoms in total. The molecule has 1 atom stereocenters. The van der Waals surface area contributed by atoms with E-state index in [1.165, 1.54) is 4.31 Å². The second kappa shape index (κ2) is 6.86. The minimum Gasteiger partial charge on any atom is -0.497 e. The van der Waals surface area contributed by atoms with E-state index in [0.717, 1.165) is 0 Å². The molecule has 2 aliphatic rings. The quantitative estimate of drug-likeness (QED) is 0.747. The molecule has 0 saturated carbocycles. The summed E-state index contributed by atoms with van der Waals surface area (Å²) in [7, 11) is -4.93. The molecule has 0 aliphatic carbocycles. The van der Waals surface area contributed by atoms with E-state index < -0.39 is 19.9 Å². The van der Waals surface area contributed by atoms with Crippen molar-refractivity contribution in [3.8, 4) is 5.75 Å². The number of nitrogens with zero attached hydrogens (tertiary/aromatic N) is 2. The van der Waals surface area contributed by atoms with E-state index in [4.69, 9.17) is 4.74 Å². The Labute approximate surface area is 149 Å². The number of sulfonamides is 1. The van der Waals surface area contributed by atoms with Gasteiger partial charge in [0.1, 0.15) is 5.75 Å². The zero-order valence-electron chi connectivity index (χ0n) is 14.5. The Morgan fingerprint density at radius 1 is 1.16 bits per heavy atom. The molecular formula is C16H24N2O5S2. The minimum atomic E-state index is -3.55. The average molecular weight is 389 g/mol. The molecule has 0 bridgehead atoms. The third-order valence-electron chi connectivity index (χ3n) is 5.00. The summed E-state index contributed by atoms with van der Waals surface area (Å²) in [6.07, 6.45) is 0.646. The van der Waals surface area contributed by atoms with Gasteiger partial charge in [0.25, 0.3) is 0 Å². The number of ether oxygens (including phenoxy) is 1. The predicted octanol–water partition coefficient (Wildman–Crippen LogP) is 0.497. The highest BCUT2D eigenvalue weighted by atomic mass is 32.2. The monoisotopic (exact) mass is 388 g/mol. The van der Waals surface area contributed by atoms with Crippen molar-refractivity contribution in [2.24, 2.45) is 0 Å². The molecular weight excluding hydrogens is 364 g/mol. The number of aryl methyl sites for hydroxylation is 1. The Kier molecular flexibility index (Phi) is 5.11. The fraction of sp³-hybridized carbons (Fsp3) is 0.625. The average Bonchev–Trinajstić information content (AvgIpc) is 2.94. The number of rotatable bonds is 4. The Morgan fingerprint density at radius 2 is 1.84 bits per heavy atom. The summed E-state index contributed by atoms with van der Waals surface area (Å²) in [5.74, 6) is 1.06. The molecule has 0 spiro atoms. The first kappa shape index (κ1) is 18.6. The molecule has 1 aromatic carbocycles. The third kappa shape index (κ3) is 3.84. The van der Waals surface area contributed by atoms with Crippen LogP contribution < -0.4 is 4.74 Å². The van der Waals surface area contributed by atoms with E-state index in [2.05, 4.69) is 4.90 Å². The van der Waals surface area contributed by atoms with Crippen LogP contribution in [0.4, 0.5) is 0 Å². The van der Waals surface area contributed by atoms with Crippen LogP contribution in [0.5, 0.6) is 5.75 Å². The van der Waals surface area contributed by atoms with Crippen LogP contribution in [0.15, 0.2) is 23.1 Å². The largest absolute Gasteiger partial charge is 0.497 e. The number of benzene rings is 1. The SMILES string of the molecule is COc1ccc(S(=O)(=O)N2CCN(C3CCS(=O)(=O)C3)CC2)c(C)c1. The van der Waals surface area contributed by atoms with E-state index in [0.29, 0.717) is 48.8 Å².